The topological polar surface area (TPSA) is 86.8 Å². The fraction of sp³-hybridized carbons (Fsp3) is 0.161. The SMILES string of the molecule is CNC(=O)[C@@H](Cc1ccccc1)N(Cc1ccc(Cl)cc1Cl)C(=O)CN(c1ccc(F)cc1)S(=O)(=O)c1ccccc1. The number of hydrogen-bond donors (Lipinski definition) is 1. The molecule has 0 bridgehead atoms. The lowest BCUT2D eigenvalue weighted by atomic mass is 10.0. The number of likely N-dealkylation sites (N-methyl/N-ethyl adjacent to an activating group) is 1. The van der Waals surface area contributed by atoms with E-state index < -0.39 is 40.2 Å². The number of halogens is 3. The van der Waals surface area contributed by atoms with Gasteiger partial charge in [-0.25, -0.2) is 12.8 Å². The Hall–Kier alpha value is -3.92. The van der Waals surface area contributed by atoms with Crippen LogP contribution in [-0.2, 0) is 32.6 Å². The molecular formula is C31H28Cl2FN3O4S. The third-order valence-electron chi connectivity index (χ3n) is 6.60. The van der Waals surface area contributed by atoms with Gasteiger partial charge in [-0.05, 0) is 59.7 Å². The number of anilines is 1. The maximum Gasteiger partial charge on any atom is 0.264 e. The standard InChI is InChI=1S/C31H28Cl2FN3O4S/c1-35-31(39)29(18-22-8-4-2-5-9-22)36(20-23-12-13-24(32)19-28(23)33)30(38)21-37(26-16-14-25(34)15-17-26)42(40,41)27-10-6-3-7-11-27/h2-17,19,29H,18,20-21H2,1H3,(H,35,39)/t29-/m1/s1. The summed E-state index contributed by atoms with van der Waals surface area (Å²) in [4.78, 5) is 28.7. The second-order valence-electron chi connectivity index (χ2n) is 9.38. The average Bonchev–Trinajstić information content (AvgIpc) is 2.99. The number of nitrogens with zero attached hydrogens (tertiary/aromatic N) is 2. The second kappa shape index (κ2) is 13.8. The summed E-state index contributed by atoms with van der Waals surface area (Å²) in [5, 5.41) is 3.29. The van der Waals surface area contributed by atoms with Gasteiger partial charge in [0.2, 0.25) is 11.8 Å². The smallest absolute Gasteiger partial charge is 0.264 e. The van der Waals surface area contributed by atoms with Crippen LogP contribution in [0.2, 0.25) is 10.0 Å². The van der Waals surface area contributed by atoms with Crippen LogP contribution in [-0.4, -0.2) is 44.8 Å². The van der Waals surface area contributed by atoms with Gasteiger partial charge in [-0.15, -0.1) is 0 Å². The van der Waals surface area contributed by atoms with Crippen molar-refractivity contribution in [3.63, 3.8) is 0 Å². The molecule has 1 N–H and O–H groups in total. The van der Waals surface area contributed by atoms with Crippen molar-refractivity contribution < 1.29 is 22.4 Å². The van der Waals surface area contributed by atoms with Crippen LogP contribution in [0.4, 0.5) is 10.1 Å². The zero-order valence-corrected chi connectivity index (χ0v) is 24.9. The molecule has 42 heavy (non-hydrogen) atoms. The summed E-state index contributed by atoms with van der Waals surface area (Å²) in [6.07, 6.45) is 0.152. The normalized spacial score (nSPS) is 11.9. The molecule has 2 amide bonds. The van der Waals surface area contributed by atoms with Crippen molar-refractivity contribution in [3.05, 3.63) is 130 Å². The molecule has 0 saturated carbocycles. The third kappa shape index (κ3) is 7.47. The number of benzene rings is 4. The molecule has 0 unspecified atom stereocenters. The maximum atomic E-state index is 14.2. The second-order valence-corrected chi connectivity index (χ2v) is 12.1. The lowest BCUT2D eigenvalue weighted by Gasteiger charge is -2.33. The lowest BCUT2D eigenvalue weighted by Crippen LogP contribution is -2.53. The highest BCUT2D eigenvalue weighted by molar-refractivity contribution is 7.92. The molecule has 0 aliphatic carbocycles. The quantitative estimate of drug-likeness (QED) is 0.231. The molecule has 0 radical (unpaired) electrons. The van der Waals surface area contributed by atoms with Gasteiger partial charge in [0.15, 0.2) is 0 Å². The van der Waals surface area contributed by atoms with Gasteiger partial charge in [0, 0.05) is 30.1 Å². The van der Waals surface area contributed by atoms with Crippen molar-refractivity contribution in [2.24, 2.45) is 0 Å². The zero-order chi connectivity index (χ0) is 30.3. The molecule has 4 aromatic rings. The molecule has 1 atom stereocenters. The van der Waals surface area contributed by atoms with Crippen LogP contribution in [0, 0.1) is 5.82 Å². The van der Waals surface area contributed by atoms with E-state index in [-0.39, 0.29) is 28.6 Å². The number of nitrogens with one attached hydrogen (secondary N) is 1. The Labute approximate surface area is 254 Å². The van der Waals surface area contributed by atoms with E-state index in [1.165, 1.54) is 42.3 Å². The maximum absolute atomic E-state index is 14.2. The highest BCUT2D eigenvalue weighted by Crippen LogP contribution is 2.27. The number of carbonyl (C=O) groups is 2. The molecule has 0 fully saturated rings. The van der Waals surface area contributed by atoms with Crippen LogP contribution in [0.3, 0.4) is 0 Å². The molecule has 0 heterocycles. The summed E-state index contributed by atoms with van der Waals surface area (Å²) in [7, 11) is -2.81. The Bertz CT molecular complexity index is 1640. The van der Waals surface area contributed by atoms with Crippen LogP contribution in [0.15, 0.2) is 108 Å². The van der Waals surface area contributed by atoms with E-state index in [0.717, 1.165) is 22.0 Å². The largest absolute Gasteiger partial charge is 0.357 e. The Balaban J connectivity index is 1.79. The van der Waals surface area contributed by atoms with E-state index in [2.05, 4.69) is 5.32 Å². The van der Waals surface area contributed by atoms with Crippen molar-refractivity contribution in [3.8, 4) is 0 Å². The van der Waals surface area contributed by atoms with Gasteiger partial charge in [0.25, 0.3) is 10.0 Å². The van der Waals surface area contributed by atoms with E-state index in [1.807, 2.05) is 30.3 Å². The van der Waals surface area contributed by atoms with Crippen LogP contribution >= 0.6 is 23.2 Å². The van der Waals surface area contributed by atoms with E-state index in [4.69, 9.17) is 23.2 Å². The monoisotopic (exact) mass is 627 g/mol. The fourth-order valence-corrected chi connectivity index (χ4v) is 6.31. The van der Waals surface area contributed by atoms with Gasteiger partial charge in [-0.2, -0.15) is 0 Å². The Kier molecular flexibility index (Phi) is 10.2. The first kappa shape index (κ1) is 31.0. The van der Waals surface area contributed by atoms with Gasteiger partial charge in [-0.1, -0.05) is 77.8 Å². The molecule has 0 saturated heterocycles. The number of sulfonamides is 1. The molecule has 4 rings (SSSR count). The number of amides is 2. The lowest BCUT2D eigenvalue weighted by molar-refractivity contribution is -0.139. The first-order valence-electron chi connectivity index (χ1n) is 12.9. The molecule has 218 valence electrons. The summed E-state index contributed by atoms with van der Waals surface area (Å²) in [5.74, 6) is -1.69. The highest BCUT2D eigenvalue weighted by atomic mass is 35.5. The molecule has 0 spiro atoms. The first-order chi connectivity index (χ1) is 20.1. The van der Waals surface area contributed by atoms with Crippen molar-refractivity contribution in [2.45, 2.75) is 23.9 Å². The number of hydrogen-bond acceptors (Lipinski definition) is 4. The van der Waals surface area contributed by atoms with Gasteiger partial charge in [0.1, 0.15) is 18.4 Å². The van der Waals surface area contributed by atoms with Gasteiger partial charge in [0.05, 0.1) is 10.6 Å². The van der Waals surface area contributed by atoms with E-state index in [0.29, 0.717) is 10.6 Å². The van der Waals surface area contributed by atoms with Crippen molar-refractivity contribution in [1.29, 1.82) is 0 Å². The number of carbonyl (C=O) groups excluding carboxylic acids is 2. The minimum atomic E-state index is -4.27. The predicted octanol–water partition coefficient (Wildman–Crippen LogP) is 5.71. The predicted molar refractivity (Wildman–Crippen MR) is 162 cm³/mol. The summed E-state index contributed by atoms with van der Waals surface area (Å²) >= 11 is 12.5. The Morgan fingerprint density at radius 3 is 2.10 bits per heavy atom. The molecular weight excluding hydrogens is 600 g/mol. The third-order valence-corrected chi connectivity index (χ3v) is 8.97. The summed E-state index contributed by atoms with van der Waals surface area (Å²) in [5.41, 5.74) is 1.38. The summed E-state index contributed by atoms with van der Waals surface area (Å²) in [6.45, 7) is -0.779. The summed E-state index contributed by atoms with van der Waals surface area (Å²) in [6, 6.07) is 25.3. The minimum Gasteiger partial charge on any atom is -0.357 e. The molecule has 0 aliphatic heterocycles. The number of rotatable bonds is 11. The van der Waals surface area contributed by atoms with Crippen molar-refractivity contribution >= 4 is 50.7 Å². The van der Waals surface area contributed by atoms with Crippen LogP contribution in [0.5, 0.6) is 0 Å². The molecule has 0 aliphatic rings. The average molecular weight is 629 g/mol. The van der Waals surface area contributed by atoms with Crippen LogP contribution < -0.4 is 9.62 Å². The van der Waals surface area contributed by atoms with Crippen molar-refractivity contribution in [2.75, 3.05) is 17.9 Å². The molecule has 11 heteroatoms. The van der Waals surface area contributed by atoms with Gasteiger partial charge < -0.3 is 10.2 Å². The minimum absolute atomic E-state index is 0.0541. The Morgan fingerprint density at radius 2 is 1.50 bits per heavy atom. The Morgan fingerprint density at radius 1 is 0.881 bits per heavy atom. The van der Waals surface area contributed by atoms with Crippen molar-refractivity contribution in [1.82, 2.24) is 10.2 Å². The van der Waals surface area contributed by atoms with Gasteiger partial charge >= 0.3 is 0 Å². The molecule has 4 aromatic carbocycles. The first-order valence-corrected chi connectivity index (χ1v) is 15.1. The van der Waals surface area contributed by atoms with Gasteiger partial charge in [-0.3, -0.25) is 13.9 Å². The zero-order valence-electron chi connectivity index (χ0n) is 22.6. The molecule has 0 aromatic heterocycles. The fourth-order valence-electron chi connectivity index (χ4n) is 4.41. The van der Waals surface area contributed by atoms with E-state index in [1.54, 1.807) is 30.3 Å². The summed E-state index contributed by atoms with van der Waals surface area (Å²) < 4.78 is 42.4. The van der Waals surface area contributed by atoms with Crippen LogP contribution in [0.25, 0.3) is 0 Å². The van der Waals surface area contributed by atoms with E-state index in [9.17, 15) is 22.4 Å². The highest BCUT2D eigenvalue weighted by Gasteiger charge is 2.34. The van der Waals surface area contributed by atoms with Crippen LogP contribution in [0.1, 0.15) is 11.1 Å². The molecule has 7 nitrogen and oxygen atoms in total. The van der Waals surface area contributed by atoms with E-state index >= 15 is 0 Å².